The van der Waals surface area contributed by atoms with Gasteiger partial charge in [0.15, 0.2) is 5.01 Å². The predicted octanol–water partition coefficient (Wildman–Crippen LogP) is 4.24. The van der Waals surface area contributed by atoms with Crippen LogP contribution in [0.25, 0.3) is 0 Å². The van der Waals surface area contributed by atoms with E-state index in [4.69, 9.17) is 16.3 Å². The molecule has 34 heavy (non-hydrogen) atoms. The van der Waals surface area contributed by atoms with Gasteiger partial charge >= 0.3 is 0 Å². The maximum Gasteiger partial charge on any atom is 0.286 e. The van der Waals surface area contributed by atoms with Crippen LogP contribution in [0.5, 0.6) is 5.75 Å². The van der Waals surface area contributed by atoms with E-state index in [0.717, 1.165) is 37.4 Å². The molecule has 10 heteroatoms. The molecule has 1 fully saturated rings. The lowest BCUT2D eigenvalue weighted by Gasteiger charge is -2.14. The Morgan fingerprint density at radius 1 is 1.00 bits per heavy atom. The van der Waals surface area contributed by atoms with Crippen LogP contribution in [0.4, 0.5) is 5.69 Å². The van der Waals surface area contributed by atoms with E-state index < -0.39 is 0 Å². The Kier molecular flexibility index (Phi) is 8.46. The first kappa shape index (κ1) is 24.1. The van der Waals surface area contributed by atoms with Gasteiger partial charge in [-0.25, -0.2) is 0 Å². The molecule has 0 bridgehead atoms. The number of hydrogen-bond acceptors (Lipinski definition) is 7. The van der Waals surface area contributed by atoms with Crippen molar-refractivity contribution < 1.29 is 14.3 Å². The number of ether oxygens (including phenoxy) is 1. The minimum absolute atomic E-state index is 0.117. The molecule has 0 atom stereocenters. The molecule has 1 aliphatic rings. The fourth-order valence-corrected chi connectivity index (χ4v) is 4.36. The maximum atomic E-state index is 12.5. The summed E-state index contributed by atoms with van der Waals surface area (Å²) in [7, 11) is 0. The van der Waals surface area contributed by atoms with Crippen LogP contribution in [0.2, 0.25) is 5.02 Å². The Balaban J connectivity index is 1.21. The third-order valence-corrected chi connectivity index (χ3v) is 6.52. The Bertz CT molecular complexity index is 1100. The summed E-state index contributed by atoms with van der Waals surface area (Å²) in [6, 6.07) is 13.8. The van der Waals surface area contributed by atoms with Gasteiger partial charge in [-0.2, -0.15) is 0 Å². The zero-order valence-corrected chi connectivity index (χ0v) is 20.2. The molecule has 4 rings (SSSR count). The van der Waals surface area contributed by atoms with E-state index in [1.54, 1.807) is 48.5 Å². The maximum absolute atomic E-state index is 12.5. The summed E-state index contributed by atoms with van der Waals surface area (Å²) in [5, 5.41) is 15.1. The van der Waals surface area contributed by atoms with Crippen LogP contribution < -0.4 is 15.4 Å². The van der Waals surface area contributed by atoms with Crippen LogP contribution in [-0.4, -0.2) is 53.1 Å². The lowest BCUT2D eigenvalue weighted by molar-refractivity contribution is 0.0951. The van der Waals surface area contributed by atoms with Crippen LogP contribution in [-0.2, 0) is 6.61 Å². The molecule has 0 spiro atoms. The Morgan fingerprint density at radius 3 is 2.47 bits per heavy atom. The average Bonchev–Trinajstić information content (AvgIpc) is 3.54. The standard InChI is InChI=1S/C24H26ClN5O3S/c25-18-6-10-20(11-7-18)33-16-21-28-29-24(34-21)23(32)27-19-8-4-17(5-9-19)22(31)26-12-3-15-30-13-1-2-14-30/h4-11H,1-3,12-16H2,(H,26,31)(H,27,32). The summed E-state index contributed by atoms with van der Waals surface area (Å²) < 4.78 is 5.63. The van der Waals surface area contributed by atoms with Gasteiger partial charge < -0.3 is 20.3 Å². The van der Waals surface area contributed by atoms with Gasteiger partial charge in [0.2, 0.25) is 5.01 Å². The topological polar surface area (TPSA) is 96.5 Å². The van der Waals surface area contributed by atoms with Crippen molar-refractivity contribution in [2.45, 2.75) is 25.9 Å². The molecule has 0 saturated carbocycles. The molecule has 3 aromatic rings. The van der Waals surface area contributed by atoms with E-state index in [-0.39, 0.29) is 23.4 Å². The van der Waals surface area contributed by atoms with Gasteiger partial charge in [0, 0.05) is 22.8 Å². The Labute approximate surface area is 207 Å². The molecule has 0 aliphatic carbocycles. The summed E-state index contributed by atoms with van der Waals surface area (Å²) in [6.07, 6.45) is 3.48. The molecule has 2 heterocycles. The number of halogens is 1. The summed E-state index contributed by atoms with van der Waals surface area (Å²) in [5.41, 5.74) is 1.13. The van der Waals surface area contributed by atoms with Crippen LogP contribution in [0, 0.1) is 0 Å². The van der Waals surface area contributed by atoms with Crippen LogP contribution in [0.1, 0.15) is 44.4 Å². The predicted molar refractivity (Wildman–Crippen MR) is 133 cm³/mol. The first-order chi connectivity index (χ1) is 16.6. The second-order valence-corrected chi connectivity index (χ2v) is 9.43. The highest BCUT2D eigenvalue weighted by molar-refractivity contribution is 7.13. The smallest absolute Gasteiger partial charge is 0.286 e. The van der Waals surface area contributed by atoms with Gasteiger partial charge in [-0.05, 0) is 87.4 Å². The highest BCUT2D eigenvalue weighted by atomic mass is 35.5. The quantitative estimate of drug-likeness (QED) is 0.405. The minimum atomic E-state index is -0.366. The summed E-state index contributed by atoms with van der Waals surface area (Å²) >= 11 is 7.02. The molecule has 178 valence electrons. The first-order valence-electron chi connectivity index (χ1n) is 11.2. The molecule has 0 radical (unpaired) electrons. The normalized spacial score (nSPS) is 13.6. The van der Waals surface area contributed by atoms with Crippen molar-refractivity contribution in [2.75, 3.05) is 31.5 Å². The number of likely N-dealkylation sites (tertiary alicyclic amines) is 1. The van der Waals surface area contributed by atoms with Gasteiger partial charge in [-0.3, -0.25) is 9.59 Å². The van der Waals surface area contributed by atoms with E-state index in [1.165, 1.54) is 12.8 Å². The monoisotopic (exact) mass is 499 g/mol. The number of rotatable bonds is 10. The zero-order valence-electron chi connectivity index (χ0n) is 18.6. The van der Waals surface area contributed by atoms with Crippen molar-refractivity contribution in [3.8, 4) is 5.75 Å². The van der Waals surface area contributed by atoms with Crippen LogP contribution >= 0.6 is 22.9 Å². The van der Waals surface area contributed by atoms with E-state index >= 15 is 0 Å². The van der Waals surface area contributed by atoms with E-state index in [2.05, 4.69) is 25.7 Å². The Morgan fingerprint density at radius 2 is 1.74 bits per heavy atom. The number of amides is 2. The molecular weight excluding hydrogens is 474 g/mol. The third kappa shape index (κ3) is 6.99. The first-order valence-corrected chi connectivity index (χ1v) is 12.4. The van der Waals surface area contributed by atoms with E-state index in [9.17, 15) is 9.59 Å². The molecule has 1 aromatic heterocycles. The second kappa shape index (κ2) is 11.9. The molecule has 2 N–H and O–H groups in total. The van der Waals surface area contributed by atoms with Gasteiger partial charge in [0.25, 0.3) is 11.8 Å². The average molecular weight is 500 g/mol. The molecule has 8 nitrogen and oxygen atoms in total. The molecule has 1 saturated heterocycles. The zero-order chi connectivity index (χ0) is 23.8. The molecule has 1 aliphatic heterocycles. The van der Waals surface area contributed by atoms with Crippen LogP contribution in [0.15, 0.2) is 48.5 Å². The molecular formula is C24H26ClN5O3S. The fourth-order valence-electron chi connectivity index (χ4n) is 3.58. The van der Waals surface area contributed by atoms with Gasteiger partial charge in [0.1, 0.15) is 12.4 Å². The van der Waals surface area contributed by atoms with Crippen LogP contribution in [0.3, 0.4) is 0 Å². The van der Waals surface area contributed by atoms with Gasteiger partial charge in [-0.1, -0.05) is 22.9 Å². The number of nitrogens with zero attached hydrogens (tertiary/aromatic N) is 3. The van der Waals surface area contributed by atoms with Gasteiger partial charge in [-0.15, -0.1) is 10.2 Å². The largest absolute Gasteiger partial charge is 0.486 e. The molecule has 0 unspecified atom stereocenters. The highest BCUT2D eigenvalue weighted by Gasteiger charge is 2.14. The lowest BCUT2D eigenvalue weighted by Crippen LogP contribution is -2.28. The van der Waals surface area contributed by atoms with Crippen molar-refractivity contribution in [2.24, 2.45) is 0 Å². The van der Waals surface area contributed by atoms with Crippen molar-refractivity contribution in [1.29, 1.82) is 0 Å². The number of carbonyl (C=O) groups excluding carboxylic acids is 2. The molecule has 2 amide bonds. The van der Waals surface area contributed by atoms with Crippen molar-refractivity contribution in [3.63, 3.8) is 0 Å². The Hall–Kier alpha value is -3.01. The van der Waals surface area contributed by atoms with E-state index in [0.29, 0.717) is 33.6 Å². The van der Waals surface area contributed by atoms with E-state index in [1.807, 2.05) is 0 Å². The number of benzene rings is 2. The summed E-state index contributed by atoms with van der Waals surface area (Å²) in [6.45, 7) is 4.20. The number of aromatic nitrogens is 2. The summed E-state index contributed by atoms with van der Waals surface area (Å²) in [4.78, 5) is 27.3. The molecule has 2 aromatic carbocycles. The fraction of sp³-hybridized carbons (Fsp3) is 0.333. The summed E-state index contributed by atoms with van der Waals surface area (Å²) in [5.74, 6) is 0.171. The number of carbonyl (C=O) groups is 2. The second-order valence-electron chi connectivity index (χ2n) is 7.93. The highest BCUT2D eigenvalue weighted by Crippen LogP contribution is 2.19. The lowest BCUT2D eigenvalue weighted by atomic mass is 10.2. The minimum Gasteiger partial charge on any atom is -0.486 e. The van der Waals surface area contributed by atoms with Crippen molar-refractivity contribution >= 4 is 40.4 Å². The number of nitrogens with one attached hydrogen (secondary N) is 2. The number of anilines is 1. The SMILES string of the molecule is O=C(NCCCN1CCCC1)c1ccc(NC(=O)c2nnc(COc3ccc(Cl)cc3)s2)cc1. The number of hydrogen-bond donors (Lipinski definition) is 2. The van der Waals surface area contributed by atoms with Crippen molar-refractivity contribution in [1.82, 2.24) is 20.4 Å². The van der Waals surface area contributed by atoms with Gasteiger partial charge in [0.05, 0.1) is 0 Å². The third-order valence-electron chi connectivity index (χ3n) is 5.38. The van der Waals surface area contributed by atoms with Crippen molar-refractivity contribution in [3.05, 3.63) is 69.1 Å².